The predicted octanol–water partition coefficient (Wildman–Crippen LogP) is 3.76. The first-order valence-corrected chi connectivity index (χ1v) is 11.9. The molecule has 8 nitrogen and oxygen atoms in total. The quantitative estimate of drug-likeness (QED) is 0.437. The summed E-state index contributed by atoms with van der Waals surface area (Å²) in [4.78, 5) is 43.7. The monoisotopic (exact) mass is 521 g/mol. The fourth-order valence-corrected chi connectivity index (χ4v) is 3.96. The van der Waals surface area contributed by atoms with Gasteiger partial charge in [-0.2, -0.15) is 13.2 Å². The van der Waals surface area contributed by atoms with Gasteiger partial charge in [-0.25, -0.2) is 15.2 Å². The molecule has 1 saturated heterocycles. The van der Waals surface area contributed by atoms with Crippen LogP contribution in [0.3, 0.4) is 0 Å². The number of imide groups is 1. The van der Waals surface area contributed by atoms with Crippen molar-refractivity contribution in [2.24, 2.45) is 5.92 Å². The number of carbonyl (C=O) groups is 3. The van der Waals surface area contributed by atoms with Gasteiger partial charge in [-0.3, -0.25) is 19.7 Å². The van der Waals surface area contributed by atoms with Crippen LogP contribution < -0.4 is 10.8 Å². The van der Waals surface area contributed by atoms with E-state index in [1.165, 1.54) is 0 Å². The molecule has 2 N–H and O–H groups in total. The summed E-state index contributed by atoms with van der Waals surface area (Å²) in [6, 6.07) is 13.4. The fraction of sp³-hybridized carbons (Fsp3) is 0.423. The molecule has 1 heterocycles. The van der Waals surface area contributed by atoms with Gasteiger partial charge in [-0.05, 0) is 23.5 Å². The van der Waals surface area contributed by atoms with E-state index < -0.39 is 54.5 Å². The van der Waals surface area contributed by atoms with Crippen LogP contribution >= 0.6 is 0 Å². The van der Waals surface area contributed by atoms with Crippen LogP contribution in [0.5, 0.6) is 0 Å². The molecule has 3 atom stereocenters. The first-order chi connectivity index (χ1) is 17.6. The highest BCUT2D eigenvalue weighted by Gasteiger charge is 2.46. The molecule has 0 spiro atoms. The molecule has 3 amide bonds. The van der Waals surface area contributed by atoms with Gasteiger partial charge < -0.3 is 4.74 Å². The Labute approximate surface area is 213 Å². The molecule has 1 aliphatic heterocycles. The van der Waals surface area contributed by atoms with Gasteiger partial charge in [0.2, 0.25) is 5.91 Å². The molecule has 37 heavy (non-hydrogen) atoms. The molecule has 11 heteroatoms. The lowest BCUT2D eigenvalue weighted by Gasteiger charge is -2.30. The average Bonchev–Trinajstić information content (AvgIpc) is 3.21. The summed E-state index contributed by atoms with van der Waals surface area (Å²) < 4.78 is 46.8. The van der Waals surface area contributed by atoms with Crippen LogP contribution in [0.25, 0.3) is 0 Å². The van der Waals surface area contributed by atoms with Crippen molar-refractivity contribution in [1.82, 2.24) is 15.7 Å². The number of cyclic esters (lactones) is 1. The van der Waals surface area contributed by atoms with Gasteiger partial charge >= 0.3 is 12.3 Å². The van der Waals surface area contributed by atoms with Crippen molar-refractivity contribution in [3.8, 4) is 0 Å². The Balaban J connectivity index is 1.66. The molecule has 2 aromatic carbocycles. The van der Waals surface area contributed by atoms with Gasteiger partial charge in [0.25, 0.3) is 5.91 Å². The third kappa shape index (κ3) is 8.02. The standard InChI is InChI=1S/C26H30F3N3O5/c1-17(2)23(24(34)31-37-15-19-11-7-4-8-12-19)30-21(26(27,28)29)14-22(33)32-20(16-36-25(32)35)13-18-9-5-3-6-10-18/h3-12,17,20-21,23,30H,13-16H2,1-2H3,(H,31,34)/t20-,21+,23-/m0/s1. The van der Waals surface area contributed by atoms with Gasteiger partial charge in [-0.1, -0.05) is 74.5 Å². The van der Waals surface area contributed by atoms with Gasteiger partial charge in [0.1, 0.15) is 12.6 Å². The Morgan fingerprint density at radius 1 is 1.05 bits per heavy atom. The molecule has 2 aromatic rings. The van der Waals surface area contributed by atoms with E-state index in [-0.39, 0.29) is 19.6 Å². The number of hydrogen-bond donors (Lipinski definition) is 2. The molecule has 0 radical (unpaired) electrons. The van der Waals surface area contributed by atoms with Crippen molar-refractivity contribution in [2.45, 2.75) is 57.6 Å². The van der Waals surface area contributed by atoms with Crippen molar-refractivity contribution in [3.05, 3.63) is 71.8 Å². The SMILES string of the molecule is CC(C)[C@H](N[C@H](CC(=O)N1C(=O)OC[C@@H]1Cc1ccccc1)C(F)(F)F)C(=O)NOCc1ccccc1. The third-order valence-corrected chi connectivity index (χ3v) is 5.90. The van der Waals surface area contributed by atoms with Crippen LogP contribution in [-0.4, -0.2) is 53.7 Å². The highest BCUT2D eigenvalue weighted by Crippen LogP contribution is 2.26. The van der Waals surface area contributed by atoms with Crippen molar-refractivity contribution >= 4 is 17.9 Å². The first kappa shape index (κ1) is 28.1. The van der Waals surface area contributed by atoms with Crippen molar-refractivity contribution < 1.29 is 37.1 Å². The summed E-state index contributed by atoms with van der Waals surface area (Å²) in [6.45, 7) is 3.05. The van der Waals surface area contributed by atoms with E-state index in [0.717, 1.165) is 16.0 Å². The minimum Gasteiger partial charge on any atom is -0.447 e. The average molecular weight is 522 g/mol. The second kappa shape index (κ2) is 12.7. The van der Waals surface area contributed by atoms with E-state index in [0.29, 0.717) is 0 Å². The molecule has 0 bridgehead atoms. The number of hydrogen-bond acceptors (Lipinski definition) is 6. The van der Waals surface area contributed by atoms with Crippen molar-refractivity contribution in [1.29, 1.82) is 0 Å². The number of carbonyl (C=O) groups excluding carboxylic acids is 3. The van der Waals surface area contributed by atoms with E-state index in [1.54, 1.807) is 68.4 Å². The van der Waals surface area contributed by atoms with Gasteiger partial charge in [0, 0.05) is 0 Å². The topological polar surface area (TPSA) is 97.0 Å². The van der Waals surface area contributed by atoms with Crippen molar-refractivity contribution in [2.75, 3.05) is 6.61 Å². The number of hydroxylamine groups is 1. The zero-order valence-electron chi connectivity index (χ0n) is 20.5. The number of benzene rings is 2. The number of rotatable bonds is 11. The first-order valence-electron chi connectivity index (χ1n) is 11.9. The van der Waals surface area contributed by atoms with E-state index in [9.17, 15) is 27.6 Å². The normalized spacial score (nSPS) is 17.4. The van der Waals surface area contributed by atoms with Gasteiger partial charge in [0.05, 0.1) is 25.1 Å². The highest BCUT2D eigenvalue weighted by atomic mass is 19.4. The zero-order chi connectivity index (χ0) is 27.0. The smallest absolute Gasteiger partial charge is 0.416 e. The fourth-order valence-electron chi connectivity index (χ4n) is 3.96. The lowest BCUT2D eigenvalue weighted by Crippen LogP contribution is -2.57. The molecule has 1 aliphatic rings. The molecule has 0 unspecified atom stereocenters. The number of ether oxygens (including phenoxy) is 1. The summed E-state index contributed by atoms with van der Waals surface area (Å²) in [7, 11) is 0. The lowest BCUT2D eigenvalue weighted by molar-refractivity contribution is -0.168. The molecule has 3 rings (SSSR count). The molecule has 0 aliphatic carbocycles. The predicted molar refractivity (Wildman–Crippen MR) is 128 cm³/mol. The van der Waals surface area contributed by atoms with Crippen LogP contribution in [0.2, 0.25) is 0 Å². The number of amides is 3. The minimum atomic E-state index is -4.87. The summed E-state index contributed by atoms with van der Waals surface area (Å²) in [5, 5.41) is 2.26. The summed E-state index contributed by atoms with van der Waals surface area (Å²) in [5.41, 5.74) is 3.75. The van der Waals surface area contributed by atoms with E-state index in [4.69, 9.17) is 9.57 Å². The maximum Gasteiger partial charge on any atom is 0.416 e. The van der Waals surface area contributed by atoms with E-state index in [1.807, 2.05) is 6.07 Å². The van der Waals surface area contributed by atoms with E-state index >= 15 is 0 Å². The Hall–Kier alpha value is -3.44. The van der Waals surface area contributed by atoms with Crippen LogP contribution in [0.15, 0.2) is 60.7 Å². The Morgan fingerprint density at radius 3 is 2.22 bits per heavy atom. The molecular weight excluding hydrogens is 491 g/mol. The van der Waals surface area contributed by atoms with Crippen LogP contribution in [0, 0.1) is 5.92 Å². The number of alkyl halides is 3. The number of nitrogens with one attached hydrogen (secondary N) is 2. The van der Waals surface area contributed by atoms with Crippen LogP contribution in [0.1, 0.15) is 31.4 Å². The highest BCUT2D eigenvalue weighted by molar-refractivity contribution is 5.94. The third-order valence-electron chi connectivity index (χ3n) is 5.90. The summed E-state index contributed by atoms with van der Waals surface area (Å²) >= 11 is 0. The zero-order valence-corrected chi connectivity index (χ0v) is 20.5. The molecule has 1 fully saturated rings. The Kier molecular flexibility index (Phi) is 9.65. The summed E-state index contributed by atoms with van der Waals surface area (Å²) in [5.74, 6) is -2.42. The van der Waals surface area contributed by atoms with Gasteiger partial charge in [-0.15, -0.1) is 0 Å². The lowest BCUT2D eigenvalue weighted by atomic mass is 10.0. The van der Waals surface area contributed by atoms with Crippen LogP contribution in [-0.2, 0) is 32.2 Å². The molecule has 0 aromatic heterocycles. The second-order valence-corrected chi connectivity index (χ2v) is 9.11. The number of halogens is 3. The Morgan fingerprint density at radius 2 is 1.65 bits per heavy atom. The molecule has 0 saturated carbocycles. The van der Waals surface area contributed by atoms with Crippen molar-refractivity contribution in [3.63, 3.8) is 0 Å². The number of nitrogens with zero attached hydrogens (tertiary/aromatic N) is 1. The summed E-state index contributed by atoms with van der Waals surface area (Å²) in [6.07, 6.45) is -6.69. The van der Waals surface area contributed by atoms with Crippen LogP contribution in [0.4, 0.5) is 18.0 Å². The molecular formula is C26H30F3N3O5. The Bertz CT molecular complexity index is 1050. The minimum absolute atomic E-state index is 0.0262. The molecule has 200 valence electrons. The van der Waals surface area contributed by atoms with Gasteiger partial charge in [0.15, 0.2) is 0 Å². The largest absolute Gasteiger partial charge is 0.447 e. The maximum atomic E-state index is 14.0. The maximum absolute atomic E-state index is 14.0. The van der Waals surface area contributed by atoms with E-state index in [2.05, 4.69) is 10.8 Å². The second-order valence-electron chi connectivity index (χ2n) is 9.11.